The van der Waals surface area contributed by atoms with Crippen LogP contribution in [-0.4, -0.2) is 6.04 Å². The van der Waals surface area contributed by atoms with Crippen LogP contribution in [0.1, 0.15) is 66.2 Å². The molecule has 1 heteroatoms. The first-order valence-electron chi connectivity index (χ1n) is 7.37. The van der Waals surface area contributed by atoms with Crippen LogP contribution in [0.25, 0.3) is 0 Å². The van der Waals surface area contributed by atoms with Gasteiger partial charge in [-0.05, 0) is 36.5 Å². The summed E-state index contributed by atoms with van der Waals surface area (Å²) in [4.78, 5) is 0. The van der Waals surface area contributed by atoms with E-state index in [1.807, 2.05) is 0 Å². The standard InChI is InChI=1S/C15H31N/c1-5-11(3)14(6-2)12(4)15(16)13-9-7-8-10-13/h11-15H,5-10,16H2,1-4H3. The lowest BCUT2D eigenvalue weighted by Gasteiger charge is -2.35. The molecule has 1 fully saturated rings. The molecule has 4 atom stereocenters. The van der Waals surface area contributed by atoms with Gasteiger partial charge in [-0.1, -0.05) is 53.4 Å². The van der Waals surface area contributed by atoms with E-state index >= 15 is 0 Å². The van der Waals surface area contributed by atoms with E-state index in [2.05, 4.69) is 27.7 Å². The molecule has 0 heterocycles. The molecule has 4 unspecified atom stereocenters. The molecule has 96 valence electrons. The summed E-state index contributed by atoms with van der Waals surface area (Å²) in [6.07, 6.45) is 8.15. The van der Waals surface area contributed by atoms with E-state index in [9.17, 15) is 0 Å². The first-order valence-corrected chi connectivity index (χ1v) is 7.37. The van der Waals surface area contributed by atoms with Crippen LogP contribution in [0.15, 0.2) is 0 Å². The highest BCUT2D eigenvalue weighted by Gasteiger charge is 2.31. The number of nitrogens with two attached hydrogens (primary N) is 1. The monoisotopic (exact) mass is 225 g/mol. The molecule has 0 spiro atoms. The maximum Gasteiger partial charge on any atom is 0.00957 e. The van der Waals surface area contributed by atoms with Crippen LogP contribution in [0.4, 0.5) is 0 Å². The van der Waals surface area contributed by atoms with E-state index in [1.165, 1.54) is 38.5 Å². The first-order chi connectivity index (χ1) is 7.61. The van der Waals surface area contributed by atoms with Gasteiger partial charge in [-0.3, -0.25) is 0 Å². The lowest BCUT2D eigenvalue weighted by Crippen LogP contribution is -2.40. The summed E-state index contributed by atoms with van der Waals surface area (Å²) in [5, 5.41) is 0. The van der Waals surface area contributed by atoms with Crippen molar-refractivity contribution >= 4 is 0 Å². The Balaban J connectivity index is 2.55. The van der Waals surface area contributed by atoms with E-state index in [1.54, 1.807) is 0 Å². The van der Waals surface area contributed by atoms with Gasteiger partial charge in [-0.2, -0.15) is 0 Å². The highest BCUT2D eigenvalue weighted by atomic mass is 14.7. The Hall–Kier alpha value is -0.0400. The molecule has 1 rings (SSSR count). The van der Waals surface area contributed by atoms with E-state index in [-0.39, 0.29) is 0 Å². The summed E-state index contributed by atoms with van der Waals surface area (Å²) in [5.41, 5.74) is 6.49. The summed E-state index contributed by atoms with van der Waals surface area (Å²) in [7, 11) is 0. The summed E-state index contributed by atoms with van der Waals surface area (Å²) in [6.45, 7) is 9.42. The van der Waals surface area contributed by atoms with E-state index in [0.717, 1.165) is 17.8 Å². The molecule has 1 nitrogen and oxygen atoms in total. The molecule has 1 saturated carbocycles. The molecule has 0 saturated heterocycles. The summed E-state index contributed by atoms with van der Waals surface area (Å²) in [6, 6.07) is 0.446. The molecule has 0 radical (unpaired) electrons. The summed E-state index contributed by atoms with van der Waals surface area (Å²) in [5.74, 6) is 3.16. The van der Waals surface area contributed by atoms with Crippen LogP contribution in [0, 0.1) is 23.7 Å². The van der Waals surface area contributed by atoms with Gasteiger partial charge in [-0.25, -0.2) is 0 Å². The fraction of sp³-hybridized carbons (Fsp3) is 1.00. The largest absolute Gasteiger partial charge is 0.327 e. The minimum Gasteiger partial charge on any atom is -0.327 e. The predicted molar refractivity (Wildman–Crippen MR) is 72.3 cm³/mol. The van der Waals surface area contributed by atoms with Gasteiger partial charge < -0.3 is 5.73 Å². The van der Waals surface area contributed by atoms with Crippen molar-refractivity contribution < 1.29 is 0 Å². The Morgan fingerprint density at radius 2 is 1.62 bits per heavy atom. The van der Waals surface area contributed by atoms with Crippen molar-refractivity contribution in [1.29, 1.82) is 0 Å². The Labute approximate surface area is 102 Å². The van der Waals surface area contributed by atoms with E-state index in [0.29, 0.717) is 12.0 Å². The average Bonchev–Trinajstić information content (AvgIpc) is 2.81. The van der Waals surface area contributed by atoms with Gasteiger partial charge in [-0.15, -0.1) is 0 Å². The maximum absolute atomic E-state index is 6.49. The Bertz CT molecular complexity index is 184. The quantitative estimate of drug-likeness (QED) is 0.720. The van der Waals surface area contributed by atoms with Gasteiger partial charge in [0.05, 0.1) is 0 Å². The van der Waals surface area contributed by atoms with E-state index < -0.39 is 0 Å². The van der Waals surface area contributed by atoms with Crippen molar-refractivity contribution in [1.82, 2.24) is 0 Å². The van der Waals surface area contributed by atoms with Crippen molar-refractivity contribution in [3.8, 4) is 0 Å². The van der Waals surface area contributed by atoms with Crippen molar-refractivity contribution in [2.24, 2.45) is 29.4 Å². The van der Waals surface area contributed by atoms with Crippen molar-refractivity contribution in [3.63, 3.8) is 0 Å². The topological polar surface area (TPSA) is 26.0 Å². The second-order valence-corrected chi connectivity index (χ2v) is 5.94. The van der Waals surface area contributed by atoms with Gasteiger partial charge in [0, 0.05) is 6.04 Å². The molecule has 1 aliphatic rings. The van der Waals surface area contributed by atoms with Crippen LogP contribution in [0.5, 0.6) is 0 Å². The van der Waals surface area contributed by atoms with Gasteiger partial charge in [0.25, 0.3) is 0 Å². The second kappa shape index (κ2) is 6.64. The Kier molecular flexibility index (Phi) is 5.82. The molecular formula is C15H31N. The maximum atomic E-state index is 6.49. The van der Waals surface area contributed by atoms with Crippen LogP contribution < -0.4 is 5.73 Å². The number of hydrogen-bond donors (Lipinski definition) is 1. The fourth-order valence-corrected chi connectivity index (χ4v) is 3.65. The lowest BCUT2D eigenvalue weighted by molar-refractivity contribution is 0.179. The average molecular weight is 225 g/mol. The number of rotatable bonds is 6. The van der Waals surface area contributed by atoms with Crippen LogP contribution in [0.2, 0.25) is 0 Å². The van der Waals surface area contributed by atoms with Gasteiger partial charge >= 0.3 is 0 Å². The molecule has 16 heavy (non-hydrogen) atoms. The molecule has 0 aliphatic heterocycles. The molecule has 0 aromatic carbocycles. The third-order valence-corrected chi connectivity index (χ3v) is 5.07. The van der Waals surface area contributed by atoms with E-state index in [4.69, 9.17) is 5.73 Å². The SMILES string of the molecule is CCC(C)C(CC)C(C)C(N)C1CCCC1. The third-order valence-electron chi connectivity index (χ3n) is 5.07. The smallest absolute Gasteiger partial charge is 0.00957 e. The van der Waals surface area contributed by atoms with Crippen molar-refractivity contribution in [2.75, 3.05) is 0 Å². The van der Waals surface area contributed by atoms with Gasteiger partial charge in [0.1, 0.15) is 0 Å². The van der Waals surface area contributed by atoms with Crippen LogP contribution in [-0.2, 0) is 0 Å². The lowest BCUT2D eigenvalue weighted by atomic mass is 9.73. The molecule has 0 aromatic rings. The third kappa shape index (κ3) is 3.23. The highest BCUT2D eigenvalue weighted by Crippen LogP contribution is 2.35. The second-order valence-electron chi connectivity index (χ2n) is 5.94. The van der Waals surface area contributed by atoms with Crippen LogP contribution >= 0.6 is 0 Å². The van der Waals surface area contributed by atoms with Gasteiger partial charge in [0.2, 0.25) is 0 Å². The minimum atomic E-state index is 0.446. The molecule has 0 aromatic heterocycles. The molecule has 1 aliphatic carbocycles. The number of hydrogen-bond acceptors (Lipinski definition) is 1. The summed E-state index contributed by atoms with van der Waals surface area (Å²) < 4.78 is 0. The van der Waals surface area contributed by atoms with Crippen LogP contribution in [0.3, 0.4) is 0 Å². The Morgan fingerprint density at radius 1 is 1.06 bits per heavy atom. The minimum absolute atomic E-state index is 0.446. The highest BCUT2D eigenvalue weighted by molar-refractivity contribution is 4.85. The first kappa shape index (κ1) is 14.0. The zero-order chi connectivity index (χ0) is 12.1. The predicted octanol–water partition coefficient (Wildman–Crippen LogP) is 4.21. The van der Waals surface area contributed by atoms with Crippen molar-refractivity contribution in [3.05, 3.63) is 0 Å². The zero-order valence-electron chi connectivity index (χ0n) is 11.7. The van der Waals surface area contributed by atoms with Crippen molar-refractivity contribution in [2.45, 2.75) is 72.3 Å². The fourth-order valence-electron chi connectivity index (χ4n) is 3.65. The zero-order valence-corrected chi connectivity index (χ0v) is 11.7. The molecule has 0 bridgehead atoms. The summed E-state index contributed by atoms with van der Waals surface area (Å²) >= 11 is 0. The molecule has 0 amide bonds. The van der Waals surface area contributed by atoms with Gasteiger partial charge in [0.15, 0.2) is 0 Å². The molecule has 2 N–H and O–H groups in total. The molecular weight excluding hydrogens is 194 g/mol. The Morgan fingerprint density at radius 3 is 2.06 bits per heavy atom. The normalized spacial score (nSPS) is 25.3.